The molecule has 1 aromatic carbocycles. The zero-order chi connectivity index (χ0) is 15.6. The van der Waals surface area contributed by atoms with Crippen molar-refractivity contribution in [2.75, 3.05) is 19.0 Å². The van der Waals surface area contributed by atoms with Crippen LogP contribution in [0.3, 0.4) is 0 Å². The van der Waals surface area contributed by atoms with Gasteiger partial charge in [-0.25, -0.2) is 4.79 Å². The van der Waals surface area contributed by atoms with Gasteiger partial charge in [-0.3, -0.25) is 5.32 Å². The molecule has 21 heavy (non-hydrogen) atoms. The van der Waals surface area contributed by atoms with E-state index >= 15 is 0 Å². The number of hydrogen-bond donors (Lipinski definition) is 2. The predicted molar refractivity (Wildman–Crippen MR) is 82.8 cm³/mol. The van der Waals surface area contributed by atoms with Crippen LogP contribution in [0.25, 0.3) is 0 Å². The Balaban J connectivity index is 2.17. The average molecular weight is 292 g/mol. The molecule has 3 N–H and O–H groups in total. The third-order valence-electron chi connectivity index (χ3n) is 3.52. The van der Waals surface area contributed by atoms with E-state index in [-0.39, 0.29) is 0 Å². The second kappa shape index (κ2) is 5.93. The fourth-order valence-corrected chi connectivity index (χ4v) is 2.39. The molecule has 1 fully saturated rings. The van der Waals surface area contributed by atoms with E-state index in [4.69, 9.17) is 15.2 Å². The van der Waals surface area contributed by atoms with Gasteiger partial charge in [0.05, 0.1) is 7.11 Å². The lowest BCUT2D eigenvalue weighted by molar-refractivity contribution is 0.0636. The van der Waals surface area contributed by atoms with Crippen molar-refractivity contribution in [1.29, 1.82) is 0 Å². The number of hydrogen-bond acceptors (Lipinski definition) is 4. The molecule has 1 aliphatic rings. The molecule has 2 rings (SSSR count). The second-order valence-corrected chi connectivity index (χ2v) is 6.42. The lowest BCUT2D eigenvalue weighted by Crippen LogP contribution is -2.27. The van der Waals surface area contributed by atoms with Gasteiger partial charge in [0.25, 0.3) is 0 Å². The summed E-state index contributed by atoms with van der Waals surface area (Å²) in [4.78, 5) is 11.9. The maximum Gasteiger partial charge on any atom is 0.412 e. The van der Waals surface area contributed by atoms with Crippen molar-refractivity contribution in [2.45, 2.75) is 38.7 Å². The number of benzene rings is 1. The first-order valence-electron chi connectivity index (χ1n) is 7.22. The number of ether oxygens (including phenoxy) is 2. The Morgan fingerprint density at radius 3 is 2.67 bits per heavy atom. The van der Waals surface area contributed by atoms with Gasteiger partial charge in [0.1, 0.15) is 11.4 Å². The average Bonchev–Trinajstić information content (AvgIpc) is 3.16. The van der Waals surface area contributed by atoms with E-state index in [1.54, 1.807) is 7.11 Å². The van der Waals surface area contributed by atoms with Crippen LogP contribution in [0, 0.1) is 5.92 Å². The molecular formula is C16H24N2O3. The number of nitrogens with one attached hydrogen (secondary N) is 1. The van der Waals surface area contributed by atoms with Crippen molar-refractivity contribution >= 4 is 11.8 Å². The summed E-state index contributed by atoms with van der Waals surface area (Å²) in [6.45, 7) is 6.18. The van der Waals surface area contributed by atoms with Crippen molar-refractivity contribution in [2.24, 2.45) is 11.7 Å². The molecule has 0 saturated heterocycles. The maximum atomic E-state index is 11.9. The van der Waals surface area contributed by atoms with E-state index < -0.39 is 11.7 Å². The topological polar surface area (TPSA) is 73.6 Å². The molecule has 1 saturated carbocycles. The number of carbonyl (C=O) groups is 1. The van der Waals surface area contributed by atoms with E-state index in [9.17, 15) is 4.79 Å². The van der Waals surface area contributed by atoms with Crippen molar-refractivity contribution in [3.63, 3.8) is 0 Å². The highest BCUT2D eigenvalue weighted by molar-refractivity contribution is 5.86. The summed E-state index contributed by atoms with van der Waals surface area (Å²) in [5.74, 6) is 1.65. The lowest BCUT2D eigenvalue weighted by atomic mass is 10.1. The minimum absolute atomic E-state index is 0.384. The summed E-state index contributed by atoms with van der Waals surface area (Å²) < 4.78 is 10.6. The molecule has 0 heterocycles. The second-order valence-electron chi connectivity index (χ2n) is 6.42. The van der Waals surface area contributed by atoms with Gasteiger partial charge in [-0.1, -0.05) is 0 Å². The zero-order valence-corrected chi connectivity index (χ0v) is 13.1. The van der Waals surface area contributed by atoms with Crippen LogP contribution >= 0.6 is 0 Å². The van der Waals surface area contributed by atoms with Crippen LogP contribution in [0.1, 0.15) is 38.7 Å². The molecule has 0 aromatic heterocycles. The van der Waals surface area contributed by atoms with Gasteiger partial charge in [0.15, 0.2) is 0 Å². The normalized spacial score (nSPS) is 20.8. The van der Waals surface area contributed by atoms with E-state index in [2.05, 4.69) is 5.32 Å². The van der Waals surface area contributed by atoms with Crippen LogP contribution in [-0.2, 0) is 4.74 Å². The van der Waals surface area contributed by atoms with E-state index in [0.29, 0.717) is 18.4 Å². The molecule has 5 nitrogen and oxygen atoms in total. The summed E-state index contributed by atoms with van der Waals surface area (Å²) in [6, 6.07) is 5.65. The Morgan fingerprint density at radius 2 is 2.14 bits per heavy atom. The van der Waals surface area contributed by atoms with Gasteiger partial charge in [-0.2, -0.15) is 0 Å². The van der Waals surface area contributed by atoms with Crippen molar-refractivity contribution in [3.05, 3.63) is 23.8 Å². The number of carbonyl (C=O) groups excluding carboxylic acids is 1. The summed E-state index contributed by atoms with van der Waals surface area (Å²) in [5.41, 5.74) is 7.04. The van der Waals surface area contributed by atoms with Crippen LogP contribution in [0.15, 0.2) is 18.2 Å². The van der Waals surface area contributed by atoms with Crippen molar-refractivity contribution < 1.29 is 14.3 Å². The Labute approximate surface area is 125 Å². The minimum atomic E-state index is -0.518. The van der Waals surface area contributed by atoms with Crippen molar-refractivity contribution in [1.82, 2.24) is 0 Å². The van der Waals surface area contributed by atoms with Gasteiger partial charge in [-0.05, 0) is 69.3 Å². The molecule has 5 heteroatoms. The predicted octanol–water partition coefficient (Wildman–Crippen LogP) is 3.10. The quantitative estimate of drug-likeness (QED) is 0.894. The Kier molecular flexibility index (Phi) is 4.42. The van der Waals surface area contributed by atoms with Gasteiger partial charge in [0.2, 0.25) is 0 Å². The number of amides is 1. The van der Waals surface area contributed by atoms with Gasteiger partial charge >= 0.3 is 6.09 Å². The van der Waals surface area contributed by atoms with E-state index in [1.165, 1.54) is 0 Å². The maximum absolute atomic E-state index is 11.9. The molecule has 0 radical (unpaired) electrons. The molecule has 0 spiro atoms. The van der Waals surface area contributed by atoms with Crippen molar-refractivity contribution in [3.8, 4) is 5.75 Å². The van der Waals surface area contributed by atoms with Crippen LogP contribution < -0.4 is 15.8 Å². The number of nitrogens with two attached hydrogens (primary N) is 1. The molecule has 2 atom stereocenters. The standard InChI is InChI=1S/C16H24N2O3/c1-16(2,3)21-15(19)18-14-6-5-11(20-4)8-13(14)12-7-10(12)9-17/h5-6,8,10,12H,7,9,17H2,1-4H3,(H,18,19). The molecule has 1 aromatic rings. The Hall–Kier alpha value is -1.75. The van der Waals surface area contributed by atoms with Crippen LogP contribution in [-0.4, -0.2) is 25.3 Å². The van der Waals surface area contributed by atoms with Crippen LogP contribution in [0.5, 0.6) is 5.75 Å². The minimum Gasteiger partial charge on any atom is -0.497 e. The summed E-state index contributed by atoms with van der Waals surface area (Å²) in [5, 5.41) is 2.83. The fraction of sp³-hybridized carbons (Fsp3) is 0.562. The largest absolute Gasteiger partial charge is 0.497 e. The molecule has 2 unspecified atom stereocenters. The summed E-state index contributed by atoms with van der Waals surface area (Å²) in [6.07, 6.45) is 0.603. The first-order chi connectivity index (χ1) is 9.84. The first kappa shape index (κ1) is 15.6. The summed E-state index contributed by atoms with van der Waals surface area (Å²) in [7, 11) is 1.63. The molecule has 116 valence electrons. The number of rotatable bonds is 4. The Morgan fingerprint density at radius 1 is 1.43 bits per heavy atom. The third kappa shape index (κ3) is 4.11. The van der Waals surface area contributed by atoms with E-state index in [1.807, 2.05) is 39.0 Å². The van der Waals surface area contributed by atoms with Gasteiger partial charge < -0.3 is 15.2 Å². The fourth-order valence-electron chi connectivity index (χ4n) is 2.39. The molecule has 0 bridgehead atoms. The monoisotopic (exact) mass is 292 g/mol. The highest BCUT2D eigenvalue weighted by atomic mass is 16.6. The molecule has 1 amide bonds. The highest BCUT2D eigenvalue weighted by Crippen LogP contribution is 2.49. The van der Waals surface area contributed by atoms with Crippen LogP contribution in [0.2, 0.25) is 0 Å². The van der Waals surface area contributed by atoms with Gasteiger partial charge in [0, 0.05) is 5.69 Å². The number of methoxy groups -OCH3 is 1. The lowest BCUT2D eigenvalue weighted by Gasteiger charge is -2.20. The SMILES string of the molecule is COc1ccc(NC(=O)OC(C)(C)C)c(C2CC2CN)c1. The van der Waals surface area contributed by atoms with Gasteiger partial charge in [-0.15, -0.1) is 0 Å². The first-order valence-corrected chi connectivity index (χ1v) is 7.22. The Bertz CT molecular complexity index is 523. The van der Waals surface area contributed by atoms with E-state index in [0.717, 1.165) is 23.4 Å². The molecule has 1 aliphatic carbocycles. The smallest absolute Gasteiger partial charge is 0.412 e. The van der Waals surface area contributed by atoms with Crippen LogP contribution in [0.4, 0.5) is 10.5 Å². The third-order valence-corrected chi connectivity index (χ3v) is 3.52. The number of anilines is 1. The zero-order valence-electron chi connectivity index (χ0n) is 13.1. The summed E-state index contributed by atoms with van der Waals surface area (Å²) >= 11 is 0. The molecule has 0 aliphatic heterocycles. The molecular weight excluding hydrogens is 268 g/mol. The highest BCUT2D eigenvalue weighted by Gasteiger charge is 2.39.